The first-order valence-electron chi connectivity index (χ1n) is 6.69. The monoisotopic (exact) mass is 355 g/mol. The lowest BCUT2D eigenvalue weighted by Gasteiger charge is -2.36. The summed E-state index contributed by atoms with van der Waals surface area (Å²) in [6.45, 7) is 3.51. The van der Waals surface area contributed by atoms with E-state index in [1.165, 1.54) is 0 Å². The number of morpholine rings is 1. The molecule has 2 atom stereocenters. The van der Waals surface area contributed by atoms with Gasteiger partial charge in [-0.25, -0.2) is 4.79 Å². The fourth-order valence-electron chi connectivity index (χ4n) is 2.32. The zero-order chi connectivity index (χ0) is 15.4. The molecule has 0 aliphatic carbocycles. The van der Waals surface area contributed by atoms with Gasteiger partial charge in [-0.2, -0.15) is 0 Å². The highest BCUT2D eigenvalue weighted by Crippen LogP contribution is 2.25. The van der Waals surface area contributed by atoms with Crippen molar-refractivity contribution in [1.29, 1.82) is 0 Å². The molecule has 0 spiro atoms. The summed E-state index contributed by atoms with van der Waals surface area (Å²) in [7, 11) is 0. The SMILES string of the molecule is C[C@H](C(=O)NC(N)=O)N1CCO[C@H](c2cccc(Br)c2)C1. The molecule has 0 bridgehead atoms. The van der Waals surface area contributed by atoms with Crippen LogP contribution in [-0.4, -0.2) is 42.6 Å². The van der Waals surface area contributed by atoms with E-state index in [4.69, 9.17) is 10.5 Å². The Kier molecular flexibility index (Phi) is 5.33. The summed E-state index contributed by atoms with van der Waals surface area (Å²) < 4.78 is 6.76. The predicted octanol–water partition coefficient (Wildman–Crippen LogP) is 1.41. The molecular weight excluding hydrogens is 338 g/mol. The van der Waals surface area contributed by atoms with Gasteiger partial charge in [0.25, 0.3) is 0 Å². The van der Waals surface area contributed by atoms with E-state index < -0.39 is 18.0 Å². The third-order valence-electron chi connectivity index (χ3n) is 3.49. The fourth-order valence-corrected chi connectivity index (χ4v) is 2.74. The first-order valence-corrected chi connectivity index (χ1v) is 7.48. The van der Waals surface area contributed by atoms with Crippen LogP contribution < -0.4 is 11.1 Å². The third-order valence-corrected chi connectivity index (χ3v) is 3.99. The van der Waals surface area contributed by atoms with E-state index in [0.717, 1.165) is 10.0 Å². The van der Waals surface area contributed by atoms with E-state index in [0.29, 0.717) is 19.7 Å². The van der Waals surface area contributed by atoms with Gasteiger partial charge in [-0.15, -0.1) is 0 Å². The highest BCUT2D eigenvalue weighted by atomic mass is 79.9. The molecule has 1 aromatic rings. The van der Waals surface area contributed by atoms with E-state index in [1.807, 2.05) is 29.2 Å². The molecule has 21 heavy (non-hydrogen) atoms. The van der Waals surface area contributed by atoms with Gasteiger partial charge in [0.2, 0.25) is 5.91 Å². The molecule has 114 valence electrons. The van der Waals surface area contributed by atoms with Gasteiger partial charge < -0.3 is 10.5 Å². The molecule has 0 unspecified atom stereocenters. The van der Waals surface area contributed by atoms with Crippen molar-refractivity contribution in [2.45, 2.75) is 19.1 Å². The fraction of sp³-hybridized carbons (Fsp3) is 0.429. The molecule has 3 amide bonds. The van der Waals surface area contributed by atoms with Crippen LogP contribution in [0.2, 0.25) is 0 Å². The van der Waals surface area contributed by atoms with Crippen LogP contribution in [-0.2, 0) is 9.53 Å². The molecule has 1 heterocycles. The number of hydrogen-bond donors (Lipinski definition) is 2. The van der Waals surface area contributed by atoms with E-state index in [1.54, 1.807) is 6.92 Å². The van der Waals surface area contributed by atoms with Crippen LogP contribution in [0, 0.1) is 0 Å². The highest BCUT2D eigenvalue weighted by Gasteiger charge is 2.29. The normalized spacial score (nSPS) is 20.8. The van der Waals surface area contributed by atoms with Crippen molar-refractivity contribution in [2.24, 2.45) is 5.73 Å². The highest BCUT2D eigenvalue weighted by molar-refractivity contribution is 9.10. The Morgan fingerprint density at radius 2 is 2.29 bits per heavy atom. The Hall–Kier alpha value is -1.44. The number of ether oxygens (including phenoxy) is 1. The number of halogens is 1. The Morgan fingerprint density at radius 1 is 1.52 bits per heavy atom. The van der Waals surface area contributed by atoms with E-state index in [2.05, 4.69) is 21.2 Å². The number of primary amides is 1. The first-order chi connectivity index (χ1) is 9.97. The lowest BCUT2D eigenvalue weighted by Crippen LogP contribution is -2.52. The molecule has 0 saturated carbocycles. The van der Waals surface area contributed by atoms with Crippen molar-refractivity contribution in [3.05, 3.63) is 34.3 Å². The standard InChI is InChI=1S/C14H18BrN3O3/c1-9(13(19)17-14(16)20)18-5-6-21-12(8-18)10-3-2-4-11(15)7-10/h2-4,7,9,12H,5-6,8H2,1H3,(H3,16,17,19,20)/t9-,12+/m1/s1. The smallest absolute Gasteiger partial charge is 0.318 e. The van der Waals surface area contributed by atoms with E-state index in [-0.39, 0.29) is 6.10 Å². The molecule has 6 nitrogen and oxygen atoms in total. The molecule has 1 aliphatic rings. The second-order valence-electron chi connectivity index (χ2n) is 4.94. The van der Waals surface area contributed by atoms with Crippen LogP contribution in [0.15, 0.2) is 28.7 Å². The Bertz CT molecular complexity index is 538. The minimum Gasteiger partial charge on any atom is -0.371 e. The topological polar surface area (TPSA) is 84.7 Å². The third kappa shape index (κ3) is 4.26. The molecule has 0 aromatic heterocycles. The van der Waals surface area contributed by atoms with Crippen LogP contribution >= 0.6 is 15.9 Å². The van der Waals surface area contributed by atoms with Gasteiger partial charge in [0.15, 0.2) is 0 Å². The zero-order valence-electron chi connectivity index (χ0n) is 11.7. The van der Waals surface area contributed by atoms with Crippen LogP contribution in [0.5, 0.6) is 0 Å². The number of rotatable bonds is 3. The number of amides is 3. The molecule has 1 fully saturated rings. The van der Waals surface area contributed by atoms with Gasteiger partial charge in [0.1, 0.15) is 0 Å². The number of imide groups is 1. The maximum atomic E-state index is 11.8. The first kappa shape index (κ1) is 15.9. The average Bonchev–Trinajstić information content (AvgIpc) is 2.46. The second kappa shape index (κ2) is 7.02. The van der Waals surface area contributed by atoms with Gasteiger partial charge in [-0.3, -0.25) is 15.0 Å². The van der Waals surface area contributed by atoms with Gasteiger partial charge in [-0.05, 0) is 24.6 Å². The summed E-state index contributed by atoms with van der Waals surface area (Å²) in [6.07, 6.45) is -0.0971. The Balaban J connectivity index is 2.03. The van der Waals surface area contributed by atoms with Crippen molar-refractivity contribution in [3.63, 3.8) is 0 Å². The molecule has 1 aliphatic heterocycles. The van der Waals surface area contributed by atoms with E-state index in [9.17, 15) is 9.59 Å². The van der Waals surface area contributed by atoms with Gasteiger partial charge in [0.05, 0.1) is 18.8 Å². The molecule has 1 aromatic carbocycles. The van der Waals surface area contributed by atoms with Crippen molar-refractivity contribution in [1.82, 2.24) is 10.2 Å². The lowest BCUT2D eigenvalue weighted by atomic mass is 10.1. The van der Waals surface area contributed by atoms with E-state index >= 15 is 0 Å². The summed E-state index contributed by atoms with van der Waals surface area (Å²) in [4.78, 5) is 24.6. The predicted molar refractivity (Wildman–Crippen MR) is 81.6 cm³/mol. The van der Waals surface area contributed by atoms with Gasteiger partial charge in [-0.1, -0.05) is 28.1 Å². The molecule has 2 rings (SSSR count). The Morgan fingerprint density at radius 3 is 2.95 bits per heavy atom. The second-order valence-corrected chi connectivity index (χ2v) is 5.85. The number of nitrogens with zero attached hydrogens (tertiary/aromatic N) is 1. The summed E-state index contributed by atoms with van der Waals surface area (Å²) in [5.74, 6) is -0.391. The van der Waals surface area contributed by atoms with Crippen LogP contribution in [0.1, 0.15) is 18.6 Å². The number of hydrogen-bond acceptors (Lipinski definition) is 4. The molecule has 0 radical (unpaired) electrons. The summed E-state index contributed by atoms with van der Waals surface area (Å²) in [5.41, 5.74) is 6.03. The number of urea groups is 1. The summed E-state index contributed by atoms with van der Waals surface area (Å²) in [6, 6.07) is 6.63. The quantitative estimate of drug-likeness (QED) is 0.858. The average molecular weight is 356 g/mol. The van der Waals surface area contributed by atoms with Crippen LogP contribution in [0.3, 0.4) is 0 Å². The zero-order valence-corrected chi connectivity index (χ0v) is 13.3. The van der Waals surface area contributed by atoms with Crippen molar-refractivity contribution < 1.29 is 14.3 Å². The summed E-state index contributed by atoms with van der Waals surface area (Å²) >= 11 is 3.44. The van der Waals surface area contributed by atoms with Gasteiger partial charge in [0, 0.05) is 17.6 Å². The Labute approximate surface area is 131 Å². The number of nitrogens with two attached hydrogens (primary N) is 1. The minimum absolute atomic E-state index is 0.0971. The number of carbonyl (C=O) groups excluding carboxylic acids is 2. The molecule has 7 heteroatoms. The van der Waals surface area contributed by atoms with Crippen LogP contribution in [0.4, 0.5) is 4.79 Å². The van der Waals surface area contributed by atoms with Crippen molar-refractivity contribution in [3.8, 4) is 0 Å². The lowest BCUT2D eigenvalue weighted by molar-refractivity contribution is -0.128. The summed E-state index contributed by atoms with van der Waals surface area (Å²) in [5, 5.41) is 2.11. The maximum absolute atomic E-state index is 11.8. The van der Waals surface area contributed by atoms with Crippen LogP contribution in [0.25, 0.3) is 0 Å². The number of benzene rings is 1. The molecule has 1 saturated heterocycles. The largest absolute Gasteiger partial charge is 0.371 e. The van der Waals surface area contributed by atoms with Gasteiger partial charge >= 0.3 is 6.03 Å². The minimum atomic E-state index is -0.830. The van der Waals surface area contributed by atoms with Crippen molar-refractivity contribution >= 4 is 27.9 Å². The molecule has 3 N–H and O–H groups in total. The maximum Gasteiger partial charge on any atom is 0.318 e. The number of carbonyl (C=O) groups is 2. The number of nitrogens with one attached hydrogen (secondary N) is 1. The van der Waals surface area contributed by atoms with Crippen molar-refractivity contribution in [2.75, 3.05) is 19.7 Å². The molecular formula is C14H18BrN3O3.